The Morgan fingerprint density at radius 2 is 1.67 bits per heavy atom. The molecule has 7 heteroatoms. The van der Waals surface area contributed by atoms with Crippen molar-refractivity contribution in [2.24, 2.45) is 5.92 Å². The Balaban J connectivity index is 2.16. The van der Waals surface area contributed by atoms with Crippen LogP contribution in [0.2, 0.25) is 0 Å². The SMILES string of the molecule is COc1ccc(/C=C(/NC(=O)c2ccc(OCC(C)C)cc2)C(=O)NCCO)cc1. The van der Waals surface area contributed by atoms with E-state index in [0.717, 1.165) is 0 Å². The van der Waals surface area contributed by atoms with Crippen LogP contribution in [0.1, 0.15) is 29.8 Å². The van der Waals surface area contributed by atoms with Crippen LogP contribution < -0.4 is 20.1 Å². The predicted molar refractivity (Wildman–Crippen MR) is 115 cm³/mol. The third-order valence-electron chi connectivity index (χ3n) is 4.02. The van der Waals surface area contributed by atoms with Gasteiger partial charge in [-0.2, -0.15) is 0 Å². The van der Waals surface area contributed by atoms with E-state index in [1.807, 2.05) is 0 Å². The zero-order valence-corrected chi connectivity index (χ0v) is 17.5. The molecule has 0 aliphatic heterocycles. The molecular formula is C23H28N2O5. The number of hydrogen-bond acceptors (Lipinski definition) is 5. The number of carbonyl (C=O) groups is 2. The summed E-state index contributed by atoms with van der Waals surface area (Å²) in [6.45, 7) is 4.58. The first kappa shape index (κ1) is 23.0. The van der Waals surface area contributed by atoms with Crippen LogP contribution in [0.15, 0.2) is 54.2 Å². The number of methoxy groups -OCH3 is 1. The number of nitrogens with one attached hydrogen (secondary N) is 2. The van der Waals surface area contributed by atoms with Gasteiger partial charge in [-0.25, -0.2) is 0 Å². The van der Waals surface area contributed by atoms with Gasteiger partial charge in [-0.1, -0.05) is 26.0 Å². The van der Waals surface area contributed by atoms with Gasteiger partial charge < -0.3 is 25.2 Å². The van der Waals surface area contributed by atoms with Gasteiger partial charge in [-0.3, -0.25) is 9.59 Å². The summed E-state index contributed by atoms with van der Waals surface area (Å²) in [5.41, 5.74) is 1.17. The van der Waals surface area contributed by atoms with Gasteiger partial charge >= 0.3 is 0 Å². The highest BCUT2D eigenvalue weighted by Gasteiger charge is 2.14. The van der Waals surface area contributed by atoms with Crippen molar-refractivity contribution in [2.75, 3.05) is 26.9 Å². The highest BCUT2D eigenvalue weighted by molar-refractivity contribution is 6.05. The van der Waals surface area contributed by atoms with Gasteiger partial charge in [-0.15, -0.1) is 0 Å². The average molecular weight is 412 g/mol. The molecule has 30 heavy (non-hydrogen) atoms. The minimum absolute atomic E-state index is 0.0683. The molecule has 0 saturated carbocycles. The van der Waals surface area contributed by atoms with E-state index in [9.17, 15) is 9.59 Å². The summed E-state index contributed by atoms with van der Waals surface area (Å²) in [7, 11) is 1.57. The lowest BCUT2D eigenvalue weighted by molar-refractivity contribution is -0.117. The summed E-state index contributed by atoms with van der Waals surface area (Å²) in [5.74, 6) is 0.836. The van der Waals surface area contributed by atoms with Crippen LogP contribution in [-0.2, 0) is 4.79 Å². The lowest BCUT2D eigenvalue weighted by Crippen LogP contribution is -2.36. The van der Waals surface area contributed by atoms with Crippen molar-refractivity contribution in [3.05, 3.63) is 65.4 Å². The van der Waals surface area contributed by atoms with Gasteiger partial charge in [0.25, 0.3) is 11.8 Å². The summed E-state index contributed by atoms with van der Waals surface area (Å²) in [5, 5.41) is 14.2. The smallest absolute Gasteiger partial charge is 0.267 e. The summed E-state index contributed by atoms with van der Waals surface area (Å²) >= 11 is 0. The Hall–Kier alpha value is -3.32. The third-order valence-corrected chi connectivity index (χ3v) is 4.02. The lowest BCUT2D eigenvalue weighted by Gasteiger charge is -2.12. The first-order valence-electron chi connectivity index (χ1n) is 9.72. The number of ether oxygens (including phenoxy) is 2. The molecule has 0 unspecified atom stereocenters. The number of aliphatic hydroxyl groups is 1. The molecule has 0 radical (unpaired) electrons. The van der Waals surface area contributed by atoms with Crippen molar-refractivity contribution in [3.8, 4) is 11.5 Å². The highest BCUT2D eigenvalue weighted by atomic mass is 16.5. The normalized spacial score (nSPS) is 11.2. The van der Waals surface area contributed by atoms with E-state index >= 15 is 0 Å². The van der Waals surface area contributed by atoms with E-state index in [0.29, 0.717) is 35.2 Å². The number of benzene rings is 2. The molecule has 0 fully saturated rings. The first-order valence-corrected chi connectivity index (χ1v) is 9.72. The molecular weight excluding hydrogens is 384 g/mol. The molecule has 3 N–H and O–H groups in total. The second-order valence-electron chi connectivity index (χ2n) is 6.99. The van der Waals surface area contributed by atoms with Crippen LogP contribution in [0.4, 0.5) is 0 Å². The second kappa shape index (κ2) is 11.6. The topological polar surface area (TPSA) is 96.9 Å². The minimum Gasteiger partial charge on any atom is -0.497 e. The van der Waals surface area contributed by atoms with Crippen molar-refractivity contribution in [1.29, 1.82) is 0 Å². The highest BCUT2D eigenvalue weighted by Crippen LogP contribution is 2.15. The molecule has 2 aromatic rings. The standard InChI is InChI=1S/C23H28N2O5/c1-16(2)15-30-20-10-6-18(7-11-20)22(27)25-21(23(28)24-12-13-26)14-17-4-8-19(29-3)9-5-17/h4-11,14,16,26H,12-13,15H2,1-3H3,(H,24,28)(H,25,27)/b21-14+. The largest absolute Gasteiger partial charge is 0.497 e. The number of rotatable bonds is 10. The maximum Gasteiger partial charge on any atom is 0.267 e. The Kier molecular flexibility index (Phi) is 8.90. The molecule has 2 aromatic carbocycles. The van der Waals surface area contributed by atoms with Crippen LogP contribution in [0, 0.1) is 5.92 Å². The minimum atomic E-state index is -0.495. The first-order chi connectivity index (χ1) is 14.4. The van der Waals surface area contributed by atoms with Gasteiger partial charge in [0.15, 0.2) is 0 Å². The molecule has 0 spiro atoms. The summed E-state index contributed by atoms with van der Waals surface area (Å²) < 4.78 is 10.8. The van der Waals surface area contributed by atoms with Crippen molar-refractivity contribution >= 4 is 17.9 Å². The molecule has 2 amide bonds. The van der Waals surface area contributed by atoms with E-state index in [2.05, 4.69) is 24.5 Å². The molecule has 0 heterocycles. The fourth-order valence-corrected chi connectivity index (χ4v) is 2.45. The third kappa shape index (κ3) is 7.25. The molecule has 7 nitrogen and oxygen atoms in total. The van der Waals surface area contributed by atoms with E-state index in [1.54, 1.807) is 61.7 Å². The Bertz CT molecular complexity index is 858. The summed E-state index contributed by atoms with van der Waals surface area (Å²) in [6.07, 6.45) is 1.56. The summed E-state index contributed by atoms with van der Waals surface area (Å²) in [6, 6.07) is 13.8. The molecule has 0 atom stereocenters. The van der Waals surface area contributed by atoms with Gasteiger partial charge in [0.05, 0.1) is 20.3 Å². The molecule has 0 bridgehead atoms. The predicted octanol–water partition coefficient (Wildman–Crippen LogP) is 2.61. The van der Waals surface area contributed by atoms with Crippen molar-refractivity contribution < 1.29 is 24.2 Å². The summed E-state index contributed by atoms with van der Waals surface area (Å²) in [4.78, 5) is 25.1. The second-order valence-corrected chi connectivity index (χ2v) is 6.99. The molecule has 2 rings (SSSR count). The molecule has 160 valence electrons. The zero-order chi connectivity index (χ0) is 21.9. The maximum absolute atomic E-state index is 12.7. The quantitative estimate of drug-likeness (QED) is 0.521. The lowest BCUT2D eigenvalue weighted by atomic mass is 10.1. The number of aliphatic hydroxyl groups excluding tert-OH is 1. The van der Waals surface area contributed by atoms with Crippen molar-refractivity contribution in [2.45, 2.75) is 13.8 Å². The molecule has 0 aliphatic rings. The van der Waals surface area contributed by atoms with Crippen LogP contribution in [0.3, 0.4) is 0 Å². The van der Waals surface area contributed by atoms with E-state index in [4.69, 9.17) is 14.6 Å². The Morgan fingerprint density at radius 1 is 1.03 bits per heavy atom. The zero-order valence-electron chi connectivity index (χ0n) is 17.5. The van der Waals surface area contributed by atoms with Gasteiger partial charge in [0.2, 0.25) is 0 Å². The Morgan fingerprint density at radius 3 is 2.23 bits per heavy atom. The van der Waals surface area contributed by atoms with E-state index in [1.165, 1.54) is 0 Å². The number of amides is 2. The molecule has 0 aliphatic carbocycles. The van der Waals surface area contributed by atoms with Crippen LogP contribution in [0.25, 0.3) is 6.08 Å². The fourth-order valence-electron chi connectivity index (χ4n) is 2.45. The van der Waals surface area contributed by atoms with Gasteiger partial charge in [0.1, 0.15) is 17.2 Å². The van der Waals surface area contributed by atoms with Crippen LogP contribution in [-0.4, -0.2) is 43.8 Å². The average Bonchev–Trinajstić information content (AvgIpc) is 2.76. The number of hydrogen-bond donors (Lipinski definition) is 3. The van der Waals surface area contributed by atoms with Gasteiger partial charge in [0, 0.05) is 12.1 Å². The van der Waals surface area contributed by atoms with Gasteiger partial charge in [-0.05, 0) is 54.0 Å². The van der Waals surface area contributed by atoms with E-state index in [-0.39, 0.29) is 18.8 Å². The van der Waals surface area contributed by atoms with E-state index < -0.39 is 11.8 Å². The monoisotopic (exact) mass is 412 g/mol. The Labute approximate surface area is 176 Å². The van der Waals surface area contributed by atoms with Crippen molar-refractivity contribution in [3.63, 3.8) is 0 Å². The van der Waals surface area contributed by atoms with Crippen LogP contribution >= 0.6 is 0 Å². The maximum atomic E-state index is 12.7. The molecule has 0 aromatic heterocycles. The molecule has 0 saturated heterocycles. The fraction of sp³-hybridized carbons (Fsp3) is 0.304. The van der Waals surface area contributed by atoms with Crippen LogP contribution in [0.5, 0.6) is 11.5 Å². The number of carbonyl (C=O) groups excluding carboxylic acids is 2. The van der Waals surface area contributed by atoms with Crippen molar-refractivity contribution in [1.82, 2.24) is 10.6 Å².